The fourth-order valence-corrected chi connectivity index (χ4v) is 3.46. The number of piperidine rings is 1. The summed E-state index contributed by atoms with van der Waals surface area (Å²) in [7, 11) is 0. The number of nitrogens with zero attached hydrogens (tertiary/aromatic N) is 3. The van der Waals surface area contributed by atoms with E-state index in [0.29, 0.717) is 16.3 Å². The zero-order chi connectivity index (χ0) is 17.9. The Morgan fingerprint density at radius 3 is 2.31 bits per heavy atom. The van der Waals surface area contributed by atoms with Crippen LogP contribution in [-0.2, 0) is 0 Å². The second kappa shape index (κ2) is 7.34. The third kappa shape index (κ3) is 3.37. The zero-order valence-corrected chi connectivity index (χ0v) is 15.2. The van der Waals surface area contributed by atoms with Crippen molar-refractivity contribution >= 4 is 17.5 Å². The molecule has 0 unspecified atom stereocenters. The van der Waals surface area contributed by atoms with Crippen LogP contribution in [0.15, 0.2) is 60.8 Å². The van der Waals surface area contributed by atoms with Gasteiger partial charge in [0.05, 0.1) is 11.3 Å². The summed E-state index contributed by atoms with van der Waals surface area (Å²) >= 11 is 6.02. The SMILES string of the molecule is O=C(c1cn(-c2ccccc2)nc1-c1ccc(Cl)cc1)N1CCCCC1. The van der Waals surface area contributed by atoms with E-state index < -0.39 is 0 Å². The molecule has 1 amide bonds. The highest BCUT2D eigenvalue weighted by atomic mass is 35.5. The molecule has 1 aromatic heterocycles. The molecule has 0 spiro atoms. The van der Waals surface area contributed by atoms with E-state index in [0.717, 1.165) is 37.2 Å². The quantitative estimate of drug-likeness (QED) is 0.667. The molecule has 3 aromatic rings. The molecule has 4 nitrogen and oxygen atoms in total. The van der Waals surface area contributed by atoms with Crippen LogP contribution in [0, 0.1) is 0 Å². The first-order valence-corrected chi connectivity index (χ1v) is 9.30. The number of carbonyl (C=O) groups is 1. The normalized spacial score (nSPS) is 14.4. The van der Waals surface area contributed by atoms with Crippen molar-refractivity contribution in [2.45, 2.75) is 19.3 Å². The average Bonchev–Trinajstić information content (AvgIpc) is 3.15. The topological polar surface area (TPSA) is 38.1 Å². The van der Waals surface area contributed by atoms with E-state index in [9.17, 15) is 4.79 Å². The molecule has 1 saturated heterocycles. The van der Waals surface area contributed by atoms with Crippen molar-refractivity contribution in [3.63, 3.8) is 0 Å². The Morgan fingerprint density at radius 1 is 0.923 bits per heavy atom. The van der Waals surface area contributed by atoms with Gasteiger partial charge in [0.15, 0.2) is 0 Å². The highest BCUT2D eigenvalue weighted by molar-refractivity contribution is 6.30. The number of hydrogen-bond acceptors (Lipinski definition) is 2. The lowest BCUT2D eigenvalue weighted by molar-refractivity contribution is 0.0725. The lowest BCUT2D eigenvalue weighted by Gasteiger charge is -2.26. The Labute approximate surface area is 158 Å². The third-order valence-electron chi connectivity index (χ3n) is 4.73. The lowest BCUT2D eigenvalue weighted by atomic mass is 10.1. The number of halogens is 1. The van der Waals surface area contributed by atoms with E-state index in [2.05, 4.69) is 0 Å². The molecule has 5 heteroatoms. The van der Waals surface area contributed by atoms with Crippen LogP contribution in [0.2, 0.25) is 5.02 Å². The second-order valence-electron chi connectivity index (χ2n) is 6.53. The predicted molar refractivity (Wildman–Crippen MR) is 104 cm³/mol. The summed E-state index contributed by atoms with van der Waals surface area (Å²) in [5.41, 5.74) is 3.16. The fourth-order valence-electron chi connectivity index (χ4n) is 3.33. The molecule has 2 heterocycles. The van der Waals surface area contributed by atoms with Crippen LogP contribution in [0.1, 0.15) is 29.6 Å². The van der Waals surface area contributed by atoms with E-state index in [1.807, 2.05) is 65.7 Å². The van der Waals surface area contributed by atoms with Gasteiger partial charge in [-0.15, -0.1) is 0 Å². The molecule has 2 aromatic carbocycles. The third-order valence-corrected chi connectivity index (χ3v) is 4.98. The minimum absolute atomic E-state index is 0.0526. The summed E-state index contributed by atoms with van der Waals surface area (Å²) in [6.45, 7) is 1.63. The summed E-state index contributed by atoms with van der Waals surface area (Å²) in [5.74, 6) is 0.0526. The number of hydrogen-bond donors (Lipinski definition) is 0. The monoisotopic (exact) mass is 365 g/mol. The summed E-state index contributed by atoms with van der Waals surface area (Å²) in [6, 6.07) is 17.3. The molecule has 1 aliphatic rings. The van der Waals surface area contributed by atoms with Crippen LogP contribution >= 0.6 is 11.6 Å². The number of carbonyl (C=O) groups excluding carboxylic acids is 1. The van der Waals surface area contributed by atoms with E-state index in [1.165, 1.54) is 6.42 Å². The van der Waals surface area contributed by atoms with E-state index in [-0.39, 0.29) is 5.91 Å². The number of rotatable bonds is 3. The Morgan fingerprint density at radius 2 is 1.62 bits per heavy atom. The number of aromatic nitrogens is 2. The summed E-state index contributed by atoms with van der Waals surface area (Å²) < 4.78 is 1.78. The molecule has 1 aliphatic heterocycles. The van der Waals surface area contributed by atoms with Gasteiger partial charge < -0.3 is 4.90 Å². The molecule has 0 aliphatic carbocycles. The van der Waals surface area contributed by atoms with Crippen LogP contribution in [0.3, 0.4) is 0 Å². The number of para-hydroxylation sites is 1. The Bertz CT molecular complexity index is 897. The van der Waals surface area contributed by atoms with Gasteiger partial charge in [0, 0.05) is 29.9 Å². The minimum Gasteiger partial charge on any atom is -0.339 e. The van der Waals surface area contributed by atoms with Gasteiger partial charge in [-0.25, -0.2) is 4.68 Å². The van der Waals surface area contributed by atoms with E-state index in [1.54, 1.807) is 4.68 Å². The highest BCUT2D eigenvalue weighted by Crippen LogP contribution is 2.27. The zero-order valence-electron chi connectivity index (χ0n) is 14.4. The van der Waals surface area contributed by atoms with Crippen LogP contribution in [0.25, 0.3) is 16.9 Å². The van der Waals surface area contributed by atoms with Gasteiger partial charge in [-0.05, 0) is 43.5 Å². The molecule has 0 atom stereocenters. The summed E-state index contributed by atoms with van der Waals surface area (Å²) in [4.78, 5) is 15.1. The predicted octanol–water partition coefficient (Wildman–Crippen LogP) is 4.82. The first-order chi connectivity index (χ1) is 12.7. The van der Waals surface area contributed by atoms with Crippen LogP contribution in [0.5, 0.6) is 0 Å². The molecule has 0 N–H and O–H groups in total. The molecule has 4 rings (SSSR count). The van der Waals surface area contributed by atoms with Gasteiger partial charge in [0.1, 0.15) is 5.69 Å². The molecule has 132 valence electrons. The maximum atomic E-state index is 13.2. The van der Waals surface area contributed by atoms with Crippen molar-refractivity contribution in [3.8, 4) is 16.9 Å². The second-order valence-corrected chi connectivity index (χ2v) is 6.97. The largest absolute Gasteiger partial charge is 0.339 e. The minimum atomic E-state index is 0.0526. The molecular formula is C21H20ClN3O. The van der Waals surface area contributed by atoms with Crippen molar-refractivity contribution < 1.29 is 4.79 Å². The lowest BCUT2D eigenvalue weighted by Crippen LogP contribution is -2.35. The van der Waals surface area contributed by atoms with Crippen molar-refractivity contribution in [2.24, 2.45) is 0 Å². The van der Waals surface area contributed by atoms with Gasteiger partial charge in [0.2, 0.25) is 0 Å². The van der Waals surface area contributed by atoms with Gasteiger partial charge in [-0.3, -0.25) is 4.79 Å². The van der Waals surface area contributed by atoms with E-state index >= 15 is 0 Å². The number of benzene rings is 2. The maximum Gasteiger partial charge on any atom is 0.257 e. The Kier molecular flexibility index (Phi) is 4.76. The maximum absolute atomic E-state index is 13.2. The van der Waals surface area contributed by atoms with Crippen molar-refractivity contribution in [1.82, 2.24) is 14.7 Å². The Balaban J connectivity index is 1.78. The molecule has 0 bridgehead atoms. The molecule has 26 heavy (non-hydrogen) atoms. The highest BCUT2D eigenvalue weighted by Gasteiger charge is 2.24. The fraction of sp³-hybridized carbons (Fsp3) is 0.238. The van der Waals surface area contributed by atoms with Crippen LogP contribution in [-0.4, -0.2) is 33.7 Å². The van der Waals surface area contributed by atoms with Crippen LogP contribution in [0.4, 0.5) is 0 Å². The van der Waals surface area contributed by atoms with Gasteiger partial charge in [0.25, 0.3) is 5.91 Å². The summed E-state index contributed by atoms with van der Waals surface area (Å²) in [5, 5.41) is 5.39. The van der Waals surface area contributed by atoms with Gasteiger partial charge >= 0.3 is 0 Å². The molecule has 0 saturated carbocycles. The average molecular weight is 366 g/mol. The van der Waals surface area contributed by atoms with E-state index in [4.69, 9.17) is 16.7 Å². The molecular weight excluding hydrogens is 346 g/mol. The standard InChI is InChI=1S/C21H20ClN3O/c22-17-11-9-16(10-12-17)20-19(21(26)24-13-5-2-6-14-24)15-25(23-20)18-7-3-1-4-8-18/h1,3-4,7-12,15H,2,5-6,13-14H2. The summed E-state index contributed by atoms with van der Waals surface area (Å²) in [6.07, 6.45) is 5.16. The van der Waals surface area contributed by atoms with Gasteiger partial charge in [-0.1, -0.05) is 41.9 Å². The Hall–Kier alpha value is -2.59. The number of likely N-dealkylation sites (tertiary alicyclic amines) is 1. The van der Waals surface area contributed by atoms with Crippen molar-refractivity contribution in [3.05, 3.63) is 71.4 Å². The van der Waals surface area contributed by atoms with Gasteiger partial charge in [-0.2, -0.15) is 5.10 Å². The molecule has 1 fully saturated rings. The number of amides is 1. The molecule has 0 radical (unpaired) electrons. The van der Waals surface area contributed by atoms with Crippen LogP contribution < -0.4 is 0 Å². The van der Waals surface area contributed by atoms with Crippen molar-refractivity contribution in [2.75, 3.05) is 13.1 Å². The van der Waals surface area contributed by atoms with Crippen molar-refractivity contribution in [1.29, 1.82) is 0 Å². The first-order valence-electron chi connectivity index (χ1n) is 8.93. The smallest absolute Gasteiger partial charge is 0.257 e. The first kappa shape index (κ1) is 16.9.